The molecule has 2 saturated carbocycles. The van der Waals surface area contributed by atoms with Gasteiger partial charge in [0.1, 0.15) is 0 Å². The quantitative estimate of drug-likeness (QED) is 0.469. The van der Waals surface area contributed by atoms with Gasteiger partial charge in [-0.1, -0.05) is 11.6 Å². The highest BCUT2D eigenvalue weighted by molar-refractivity contribution is 5.10. The summed E-state index contributed by atoms with van der Waals surface area (Å²) in [7, 11) is 0. The number of rotatable bonds is 1. The smallest absolute Gasteiger partial charge is 0.0230 e. The van der Waals surface area contributed by atoms with Crippen LogP contribution in [0.1, 0.15) is 38.5 Å². The van der Waals surface area contributed by atoms with Gasteiger partial charge < -0.3 is 0 Å². The van der Waals surface area contributed by atoms with Crippen LogP contribution in [0.5, 0.6) is 0 Å². The van der Waals surface area contributed by atoms with Crippen molar-refractivity contribution in [1.29, 1.82) is 0 Å². The van der Waals surface area contributed by atoms with Crippen LogP contribution in [0.3, 0.4) is 0 Å². The third kappa shape index (κ3) is 1.35. The second-order valence-electron chi connectivity index (χ2n) is 3.37. The lowest BCUT2D eigenvalue weighted by atomic mass is 10.2. The van der Waals surface area contributed by atoms with E-state index in [9.17, 15) is 0 Å². The molecule has 2 rings (SSSR count). The van der Waals surface area contributed by atoms with E-state index < -0.39 is 0 Å². The van der Waals surface area contributed by atoms with E-state index >= 15 is 0 Å². The van der Waals surface area contributed by atoms with Gasteiger partial charge in [-0.05, 0) is 44.4 Å². The first-order valence-electron chi connectivity index (χ1n) is 4.15. The molecular weight excluding hydrogens is 108 g/mol. The zero-order valence-corrected chi connectivity index (χ0v) is 5.90. The highest BCUT2D eigenvalue weighted by Gasteiger charge is 2.19. The van der Waals surface area contributed by atoms with Crippen molar-refractivity contribution in [3.05, 3.63) is 11.6 Å². The van der Waals surface area contributed by atoms with Crippen molar-refractivity contribution in [3.8, 4) is 0 Å². The molecule has 0 unspecified atom stereocenters. The molecule has 0 spiro atoms. The topological polar surface area (TPSA) is 0 Å². The Morgan fingerprint density at radius 2 is 1.78 bits per heavy atom. The lowest BCUT2D eigenvalue weighted by Gasteiger charge is -1.90. The maximum atomic E-state index is 2.53. The van der Waals surface area contributed by atoms with Gasteiger partial charge in [-0.25, -0.2) is 0 Å². The second-order valence-corrected chi connectivity index (χ2v) is 3.37. The molecule has 0 aromatic carbocycles. The average Bonchev–Trinajstić information content (AvgIpc) is 2.46. The van der Waals surface area contributed by atoms with Crippen molar-refractivity contribution < 1.29 is 0 Å². The summed E-state index contributed by atoms with van der Waals surface area (Å²) in [5, 5.41) is 0. The van der Waals surface area contributed by atoms with E-state index in [1.165, 1.54) is 38.5 Å². The molecule has 50 valence electrons. The molecule has 0 heteroatoms. The first-order valence-corrected chi connectivity index (χ1v) is 4.15. The van der Waals surface area contributed by atoms with E-state index in [2.05, 4.69) is 6.08 Å². The van der Waals surface area contributed by atoms with E-state index in [4.69, 9.17) is 0 Å². The van der Waals surface area contributed by atoms with Crippen molar-refractivity contribution in [3.63, 3.8) is 0 Å². The van der Waals surface area contributed by atoms with Crippen LogP contribution in [0.2, 0.25) is 0 Å². The standard InChI is InChI=1S/C9H14/c1-2-4-8(3-1)7-9-5-6-9/h7,9H,1-6H2. The Morgan fingerprint density at radius 1 is 1.11 bits per heavy atom. The molecule has 0 N–H and O–H groups in total. The van der Waals surface area contributed by atoms with E-state index in [0.29, 0.717) is 0 Å². The fourth-order valence-corrected chi connectivity index (χ4v) is 1.59. The third-order valence-corrected chi connectivity index (χ3v) is 2.34. The molecule has 0 amide bonds. The van der Waals surface area contributed by atoms with Crippen LogP contribution in [-0.4, -0.2) is 0 Å². The van der Waals surface area contributed by atoms with Gasteiger partial charge in [0, 0.05) is 0 Å². The average molecular weight is 122 g/mol. The summed E-state index contributed by atoms with van der Waals surface area (Å²) in [6.45, 7) is 0. The summed E-state index contributed by atoms with van der Waals surface area (Å²) in [5.74, 6) is 1.01. The van der Waals surface area contributed by atoms with E-state index in [-0.39, 0.29) is 0 Å². The van der Waals surface area contributed by atoms with Gasteiger partial charge in [0.15, 0.2) is 0 Å². The monoisotopic (exact) mass is 122 g/mol. The van der Waals surface area contributed by atoms with Gasteiger partial charge in [-0.15, -0.1) is 0 Å². The molecular formula is C9H14. The minimum absolute atomic E-state index is 1.01. The van der Waals surface area contributed by atoms with Crippen LogP contribution >= 0.6 is 0 Å². The molecule has 0 bridgehead atoms. The first-order chi connectivity index (χ1) is 4.45. The molecule has 0 radical (unpaired) electrons. The first kappa shape index (κ1) is 5.52. The molecule has 0 aromatic rings. The molecule has 0 aliphatic heterocycles. The summed E-state index contributed by atoms with van der Waals surface area (Å²) in [5.41, 5.74) is 1.76. The van der Waals surface area contributed by atoms with Gasteiger partial charge >= 0.3 is 0 Å². The number of hydrogen-bond acceptors (Lipinski definition) is 0. The Labute approximate surface area is 57.0 Å². The largest absolute Gasteiger partial charge is 0.0822 e. The molecule has 0 atom stereocenters. The van der Waals surface area contributed by atoms with Crippen LogP contribution in [0.15, 0.2) is 11.6 Å². The maximum absolute atomic E-state index is 2.53. The van der Waals surface area contributed by atoms with Crippen LogP contribution < -0.4 is 0 Å². The molecule has 2 aliphatic rings. The zero-order chi connectivity index (χ0) is 6.10. The predicted molar refractivity (Wildman–Crippen MR) is 39.3 cm³/mol. The summed E-state index contributed by atoms with van der Waals surface area (Å²) >= 11 is 0. The lowest BCUT2D eigenvalue weighted by molar-refractivity contribution is 0.886. The molecule has 2 fully saturated rings. The van der Waals surface area contributed by atoms with E-state index in [1.54, 1.807) is 5.57 Å². The van der Waals surface area contributed by atoms with Crippen molar-refractivity contribution in [2.45, 2.75) is 38.5 Å². The van der Waals surface area contributed by atoms with Crippen LogP contribution in [-0.2, 0) is 0 Å². The lowest BCUT2D eigenvalue weighted by Crippen LogP contribution is -1.72. The van der Waals surface area contributed by atoms with Crippen molar-refractivity contribution in [2.75, 3.05) is 0 Å². The maximum Gasteiger partial charge on any atom is -0.0230 e. The summed E-state index contributed by atoms with van der Waals surface area (Å²) < 4.78 is 0. The molecule has 2 aliphatic carbocycles. The summed E-state index contributed by atoms with van der Waals surface area (Å²) in [6.07, 6.45) is 11.2. The highest BCUT2D eigenvalue weighted by atomic mass is 14.2. The van der Waals surface area contributed by atoms with Crippen molar-refractivity contribution in [2.24, 2.45) is 5.92 Å². The molecule has 0 aromatic heterocycles. The minimum Gasteiger partial charge on any atom is -0.0822 e. The van der Waals surface area contributed by atoms with Gasteiger partial charge in [0.05, 0.1) is 0 Å². The Bertz CT molecular complexity index is 121. The van der Waals surface area contributed by atoms with Crippen LogP contribution in [0, 0.1) is 5.92 Å². The Balaban J connectivity index is 1.93. The SMILES string of the molecule is C(=C1CCCC1)C1CC1. The van der Waals surface area contributed by atoms with Crippen molar-refractivity contribution >= 4 is 0 Å². The molecule has 0 nitrogen and oxygen atoms in total. The van der Waals surface area contributed by atoms with Gasteiger partial charge in [-0.3, -0.25) is 0 Å². The third-order valence-electron chi connectivity index (χ3n) is 2.34. The normalized spacial score (nSPS) is 26.9. The summed E-state index contributed by atoms with van der Waals surface area (Å²) in [4.78, 5) is 0. The Kier molecular flexibility index (Phi) is 1.33. The fraction of sp³-hybridized carbons (Fsp3) is 0.778. The molecule has 0 saturated heterocycles. The van der Waals surface area contributed by atoms with Crippen LogP contribution in [0.4, 0.5) is 0 Å². The number of allylic oxidation sites excluding steroid dienone is 2. The fourth-order valence-electron chi connectivity index (χ4n) is 1.59. The minimum atomic E-state index is 1.01. The predicted octanol–water partition coefficient (Wildman–Crippen LogP) is 2.90. The van der Waals surface area contributed by atoms with E-state index in [0.717, 1.165) is 5.92 Å². The number of hydrogen-bond donors (Lipinski definition) is 0. The van der Waals surface area contributed by atoms with Crippen molar-refractivity contribution in [1.82, 2.24) is 0 Å². The second kappa shape index (κ2) is 2.17. The molecule has 9 heavy (non-hydrogen) atoms. The van der Waals surface area contributed by atoms with E-state index in [1.807, 2.05) is 0 Å². The highest BCUT2D eigenvalue weighted by Crippen LogP contribution is 2.35. The van der Waals surface area contributed by atoms with Gasteiger partial charge in [0.25, 0.3) is 0 Å². The summed E-state index contributed by atoms with van der Waals surface area (Å²) in [6, 6.07) is 0. The molecule has 0 heterocycles. The van der Waals surface area contributed by atoms with Gasteiger partial charge in [-0.2, -0.15) is 0 Å². The van der Waals surface area contributed by atoms with Crippen LogP contribution in [0.25, 0.3) is 0 Å². The Hall–Kier alpha value is -0.260. The van der Waals surface area contributed by atoms with Gasteiger partial charge in [0.2, 0.25) is 0 Å². The zero-order valence-electron chi connectivity index (χ0n) is 5.90. The Morgan fingerprint density at radius 3 is 2.33 bits per heavy atom.